The summed E-state index contributed by atoms with van der Waals surface area (Å²) < 4.78 is 12.9. The molecule has 0 unspecified atom stereocenters. The van der Waals surface area contributed by atoms with Crippen molar-refractivity contribution in [3.05, 3.63) is 30.1 Å². The average molecular weight is 395 g/mol. The Bertz CT molecular complexity index is 1040. The molecule has 1 aromatic carbocycles. The van der Waals surface area contributed by atoms with Crippen LogP contribution in [0, 0.1) is 0 Å². The molecule has 2 aromatic heterocycles. The molecule has 29 heavy (non-hydrogen) atoms. The topological polar surface area (TPSA) is 94.6 Å². The molecule has 0 radical (unpaired) electrons. The second-order valence-corrected chi connectivity index (χ2v) is 7.78. The summed E-state index contributed by atoms with van der Waals surface area (Å²) in [4.78, 5) is 18.3. The van der Waals surface area contributed by atoms with E-state index >= 15 is 0 Å². The Morgan fingerprint density at radius 2 is 1.86 bits per heavy atom. The van der Waals surface area contributed by atoms with Crippen molar-refractivity contribution in [2.45, 2.75) is 26.4 Å². The molecular weight excluding hydrogens is 370 g/mol. The molecule has 5 rings (SSSR count). The van der Waals surface area contributed by atoms with Crippen molar-refractivity contribution >= 4 is 22.9 Å². The minimum atomic E-state index is 0.265. The van der Waals surface area contributed by atoms with Gasteiger partial charge in [-0.25, -0.2) is 4.98 Å². The lowest BCUT2D eigenvalue weighted by Gasteiger charge is -2.34. The number of anilines is 2. The van der Waals surface area contributed by atoms with Crippen molar-refractivity contribution in [1.29, 1.82) is 0 Å². The highest BCUT2D eigenvalue weighted by molar-refractivity contribution is 5.83. The Balaban J connectivity index is 1.28. The Labute approximate surface area is 169 Å². The smallest absolute Gasteiger partial charge is 0.231 e. The number of rotatable bonds is 4. The van der Waals surface area contributed by atoms with E-state index in [9.17, 15) is 0 Å². The van der Waals surface area contributed by atoms with E-state index in [1.807, 2.05) is 10.6 Å². The third kappa shape index (κ3) is 3.31. The number of imidazole rings is 1. The highest BCUT2D eigenvalue weighted by Gasteiger charge is 2.22. The number of piperazine rings is 1. The van der Waals surface area contributed by atoms with Gasteiger partial charge in [-0.15, -0.1) is 0 Å². The van der Waals surface area contributed by atoms with Crippen LogP contribution in [-0.4, -0.2) is 57.4 Å². The van der Waals surface area contributed by atoms with Gasteiger partial charge < -0.3 is 24.7 Å². The van der Waals surface area contributed by atoms with E-state index in [4.69, 9.17) is 20.2 Å². The summed E-state index contributed by atoms with van der Waals surface area (Å²) in [6, 6.07) is 6.42. The van der Waals surface area contributed by atoms with E-state index in [1.54, 1.807) is 6.33 Å². The fourth-order valence-electron chi connectivity index (χ4n) is 3.85. The molecular formula is C20H25N7O2. The number of nitrogens with zero attached hydrogens (tertiary/aromatic N) is 6. The van der Waals surface area contributed by atoms with E-state index in [-0.39, 0.29) is 6.04 Å². The molecule has 0 saturated carbocycles. The molecule has 0 atom stereocenters. The van der Waals surface area contributed by atoms with Gasteiger partial charge in [0.1, 0.15) is 5.52 Å². The average Bonchev–Trinajstić information content (AvgIpc) is 3.35. The molecule has 9 heteroatoms. The molecule has 152 valence electrons. The second kappa shape index (κ2) is 7.07. The number of nitrogen functional groups attached to an aromatic ring is 1. The van der Waals surface area contributed by atoms with Crippen LogP contribution in [0.25, 0.3) is 11.2 Å². The maximum Gasteiger partial charge on any atom is 0.231 e. The molecule has 0 bridgehead atoms. The zero-order chi connectivity index (χ0) is 20.0. The highest BCUT2D eigenvalue weighted by atomic mass is 16.7. The first-order valence-corrected chi connectivity index (χ1v) is 9.94. The summed E-state index contributed by atoms with van der Waals surface area (Å²) in [6.45, 7) is 8.96. The van der Waals surface area contributed by atoms with Gasteiger partial charge in [-0.1, -0.05) is 6.07 Å². The maximum atomic E-state index is 6.17. The Kier molecular flexibility index (Phi) is 4.39. The molecule has 2 aliphatic heterocycles. The SMILES string of the molecule is CC(C)n1cnc2c(N)nc(N3CCN(Cc4ccc5c(c4)OCO5)CC3)nc21. The zero-order valence-corrected chi connectivity index (χ0v) is 16.7. The molecule has 3 aromatic rings. The van der Waals surface area contributed by atoms with Crippen LogP contribution in [0.2, 0.25) is 0 Å². The van der Waals surface area contributed by atoms with Crippen molar-refractivity contribution in [3.8, 4) is 11.5 Å². The highest BCUT2D eigenvalue weighted by Crippen LogP contribution is 2.33. The Hall–Kier alpha value is -3.07. The van der Waals surface area contributed by atoms with Crippen LogP contribution in [-0.2, 0) is 6.54 Å². The Morgan fingerprint density at radius 3 is 2.66 bits per heavy atom. The van der Waals surface area contributed by atoms with Gasteiger partial charge in [0, 0.05) is 38.8 Å². The third-order valence-corrected chi connectivity index (χ3v) is 5.49. The summed E-state index contributed by atoms with van der Waals surface area (Å²) in [7, 11) is 0. The van der Waals surface area contributed by atoms with Gasteiger partial charge in [0.2, 0.25) is 12.7 Å². The van der Waals surface area contributed by atoms with E-state index in [2.05, 4.69) is 45.7 Å². The zero-order valence-electron chi connectivity index (χ0n) is 16.7. The number of hydrogen-bond donors (Lipinski definition) is 1. The monoisotopic (exact) mass is 395 g/mol. The molecule has 9 nitrogen and oxygen atoms in total. The number of hydrogen-bond acceptors (Lipinski definition) is 8. The van der Waals surface area contributed by atoms with Crippen molar-refractivity contribution in [1.82, 2.24) is 24.4 Å². The normalized spacial score (nSPS) is 16.9. The van der Waals surface area contributed by atoms with Gasteiger partial charge in [0.05, 0.1) is 6.33 Å². The number of aromatic nitrogens is 4. The predicted molar refractivity (Wildman–Crippen MR) is 110 cm³/mol. The predicted octanol–water partition coefficient (Wildman–Crippen LogP) is 2.04. The van der Waals surface area contributed by atoms with Gasteiger partial charge in [-0.2, -0.15) is 9.97 Å². The van der Waals surface area contributed by atoms with Gasteiger partial charge >= 0.3 is 0 Å². The summed E-state index contributed by atoms with van der Waals surface area (Å²) in [5, 5.41) is 0. The minimum absolute atomic E-state index is 0.265. The van der Waals surface area contributed by atoms with E-state index in [1.165, 1.54) is 5.56 Å². The number of benzene rings is 1. The van der Waals surface area contributed by atoms with Crippen LogP contribution in [0.15, 0.2) is 24.5 Å². The summed E-state index contributed by atoms with van der Waals surface area (Å²) in [6.07, 6.45) is 1.79. The Morgan fingerprint density at radius 1 is 1.07 bits per heavy atom. The molecule has 1 saturated heterocycles. The van der Waals surface area contributed by atoms with Crippen LogP contribution in [0.4, 0.5) is 11.8 Å². The molecule has 2 aliphatic rings. The molecule has 0 amide bonds. The molecule has 1 fully saturated rings. The minimum Gasteiger partial charge on any atom is -0.454 e. The van der Waals surface area contributed by atoms with Crippen LogP contribution in [0.3, 0.4) is 0 Å². The van der Waals surface area contributed by atoms with Crippen LogP contribution in [0.1, 0.15) is 25.5 Å². The fraction of sp³-hybridized carbons (Fsp3) is 0.450. The molecule has 4 heterocycles. The first-order chi connectivity index (χ1) is 14.1. The fourth-order valence-corrected chi connectivity index (χ4v) is 3.85. The van der Waals surface area contributed by atoms with E-state index in [0.29, 0.717) is 24.1 Å². The first kappa shape index (κ1) is 18.0. The van der Waals surface area contributed by atoms with Crippen molar-refractivity contribution < 1.29 is 9.47 Å². The van der Waals surface area contributed by atoms with Crippen LogP contribution >= 0.6 is 0 Å². The van der Waals surface area contributed by atoms with Crippen molar-refractivity contribution in [2.24, 2.45) is 0 Å². The molecule has 0 spiro atoms. The van der Waals surface area contributed by atoms with Crippen molar-refractivity contribution in [2.75, 3.05) is 43.6 Å². The van der Waals surface area contributed by atoms with Crippen molar-refractivity contribution in [3.63, 3.8) is 0 Å². The third-order valence-electron chi connectivity index (χ3n) is 5.49. The van der Waals surface area contributed by atoms with Gasteiger partial charge in [0.25, 0.3) is 0 Å². The maximum absolute atomic E-state index is 6.17. The second-order valence-electron chi connectivity index (χ2n) is 7.78. The van der Waals surface area contributed by atoms with Gasteiger partial charge in [-0.05, 0) is 31.5 Å². The number of ether oxygens (including phenoxy) is 2. The lowest BCUT2D eigenvalue weighted by molar-refractivity contribution is 0.174. The first-order valence-electron chi connectivity index (χ1n) is 9.94. The van der Waals surface area contributed by atoms with Crippen LogP contribution in [0.5, 0.6) is 11.5 Å². The van der Waals surface area contributed by atoms with E-state index in [0.717, 1.165) is 49.9 Å². The largest absolute Gasteiger partial charge is 0.454 e. The lowest BCUT2D eigenvalue weighted by atomic mass is 10.1. The van der Waals surface area contributed by atoms with E-state index < -0.39 is 0 Å². The summed E-state index contributed by atoms with van der Waals surface area (Å²) in [5.41, 5.74) is 8.86. The summed E-state index contributed by atoms with van der Waals surface area (Å²) in [5.74, 6) is 2.77. The number of nitrogens with two attached hydrogens (primary N) is 1. The van der Waals surface area contributed by atoms with Gasteiger partial charge in [-0.3, -0.25) is 4.90 Å². The summed E-state index contributed by atoms with van der Waals surface area (Å²) >= 11 is 0. The molecule has 2 N–H and O–H groups in total. The number of fused-ring (bicyclic) bond motifs is 2. The molecule has 0 aliphatic carbocycles. The lowest BCUT2D eigenvalue weighted by Crippen LogP contribution is -2.46. The van der Waals surface area contributed by atoms with Crippen LogP contribution < -0.4 is 20.1 Å². The quantitative estimate of drug-likeness (QED) is 0.717. The standard InChI is InChI=1S/C20H25N7O2/c1-13(2)27-11-22-17-18(21)23-20(24-19(17)27)26-7-5-25(6-8-26)10-14-3-4-15-16(9-14)29-12-28-15/h3-4,9,11,13H,5-8,10,12H2,1-2H3,(H2,21,23,24). The van der Waals surface area contributed by atoms with Gasteiger partial charge in [0.15, 0.2) is 23.0 Å².